The normalized spacial score (nSPS) is 23.8. The quantitative estimate of drug-likeness (QED) is 0.699. The summed E-state index contributed by atoms with van der Waals surface area (Å²) in [6.07, 6.45) is 4.03. The van der Waals surface area contributed by atoms with E-state index in [9.17, 15) is 0 Å². The molecule has 0 spiro atoms. The predicted octanol–water partition coefficient (Wildman–Crippen LogP) is 1.03. The van der Waals surface area contributed by atoms with Crippen LogP contribution in [0.4, 0.5) is 0 Å². The van der Waals surface area contributed by atoms with Crippen LogP contribution < -0.4 is 5.32 Å². The zero-order valence-electron chi connectivity index (χ0n) is 12.6. The minimum atomic E-state index is 0.917. The molecule has 19 heavy (non-hydrogen) atoms. The van der Waals surface area contributed by atoms with Crippen LogP contribution in [0.3, 0.4) is 0 Å². The van der Waals surface area contributed by atoms with E-state index >= 15 is 0 Å². The molecule has 1 N–H and O–H groups in total. The van der Waals surface area contributed by atoms with E-state index in [2.05, 4.69) is 22.0 Å². The molecule has 0 amide bonds. The summed E-state index contributed by atoms with van der Waals surface area (Å²) in [5.74, 6) is 0.942. The Kier molecular flexibility index (Phi) is 7.14. The van der Waals surface area contributed by atoms with Gasteiger partial charge in [-0.15, -0.1) is 0 Å². The molecule has 112 valence electrons. The Labute approximate surface area is 118 Å². The Morgan fingerprint density at radius 1 is 0.947 bits per heavy atom. The van der Waals surface area contributed by atoms with Crippen molar-refractivity contribution in [2.24, 2.45) is 5.92 Å². The first-order valence-electron chi connectivity index (χ1n) is 8.08. The third-order valence-corrected chi connectivity index (χ3v) is 4.41. The van der Waals surface area contributed by atoms with Crippen molar-refractivity contribution in [3.05, 3.63) is 0 Å². The Bertz CT molecular complexity index is 223. The Hall–Kier alpha value is -0.160. The van der Waals surface area contributed by atoms with Gasteiger partial charge in [0.1, 0.15) is 0 Å². The molecule has 0 aromatic carbocycles. The van der Waals surface area contributed by atoms with Crippen molar-refractivity contribution in [2.75, 3.05) is 65.6 Å². The number of nitrogens with one attached hydrogen (secondary N) is 1. The number of ether oxygens (including phenoxy) is 1. The van der Waals surface area contributed by atoms with Gasteiger partial charge in [-0.1, -0.05) is 6.92 Å². The Balaban J connectivity index is 1.39. The highest BCUT2D eigenvalue weighted by atomic mass is 16.5. The van der Waals surface area contributed by atoms with Gasteiger partial charge in [0.2, 0.25) is 0 Å². The molecular weight excluding hydrogens is 238 g/mol. The molecule has 0 unspecified atom stereocenters. The molecule has 0 aromatic heterocycles. The fraction of sp³-hybridized carbons (Fsp3) is 1.00. The number of hydrogen-bond donors (Lipinski definition) is 1. The fourth-order valence-corrected chi connectivity index (χ4v) is 2.90. The van der Waals surface area contributed by atoms with Gasteiger partial charge in [0.25, 0.3) is 0 Å². The zero-order chi connectivity index (χ0) is 13.3. The number of nitrogens with zero attached hydrogens (tertiary/aromatic N) is 2. The lowest BCUT2D eigenvalue weighted by atomic mass is 9.99. The largest absolute Gasteiger partial charge is 0.379 e. The van der Waals surface area contributed by atoms with Gasteiger partial charge in [-0.05, 0) is 51.4 Å². The highest BCUT2D eigenvalue weighted by molar-refractivity contribution is 4.70. The van der Waals surface area contributed by atoms with E-state index in [4.69, 9.17) is 4.74 Å². The molecule has 0 aromatic rings. The molecule has 4 nitrogen and oxygen atoms in total. The van der Waals surface area contributed by atoms with E-state index in [-0.39, 0.29) is 0 Å². The van der Waals surface area contributed by atoms with Crippen LogP contribution in [0.5, 0.6) is 0 Å². The molecule has 0 radical (unpaired) electrons. The highest BCUT2D eigenvalue weighted by Crippen LogP contribution is 2.14. The van der Waals surface area contributed by atoms with Gasteiger partial charge in [-0.3, -0.25) is 4.90 Å². The molecule has 2 fully saturated rings. The number of piperidine rings is 1. The summed E-state index contributed by atoms with van der Waals surface area (Å²) in [5.41, 5.74) is 0. The summed E-state index contributed by atoms with van der Waals surface area (Å²) in [6, 6.07) is 0. The topological polar surface area (TPSA) is 27.7 Å². The maximum Gasteiger partial charge on any atom is 0.0594 e. The highest BCUT2D eigenvalue weighted by Gasteiger charge is 2.14. The molecule has 2 rings (SSSR count). The van der Waals surface area contributed by atoms with Gasteiger partial charge < -0.3 is 15.0 Å². The lowest BCUT2D eigenvalue weighted by Crippen LogP contribution is -2.39. The van der Waals surface area contributed by atoms with Crippen LogP contribution in [0.2, 0.25) is 0 Å². The number of morpholine rings is 1. The molecular formula is C15H31N3O. The molecule has 2 aliphatic rings. The number of rotatable bonds is 7. The summed E-state index contributed by atoms with van der Waals surface area (Å²) in [4.78, 5) is 5.12. The average molecular weight is 269 g/mol. The monoisotopic (exact) mass is 269 g/mol. The Morgan fingerprint density at radius 3 is 2.37 bits per heavy atom. The van der Waals surface area contributed by atoms with Gasteiger partial charge in [0.05, 0.1) is 13.2 Å². The first-order chi connectivity index (χ1) is 9.34. The van der Waals surface area contributed by atoms with E-state index in [1.807, 2.05) is 0 Å². The number of likely N-dealkylation sites (tertiary alicyclic amines) is 1. The van der Waals surface area contributed by atoms with Crippen molar-refractivity contribution in [2.45, 2.75) is 26.2 Å². The van der Waals surface area contributed by atoms with Crippen LogP contribution in [-0.4, -0.2) is 75.4 Å². The molecule has 0 aliphatic carbocycles. The van der Waals surface area contributed by atoms with Crippen LogP contribution in [0.15, 0.2) is 0 Å². The van der Waals surface area contributed by atoms with Crippen molar-refractivity contribution >= 4 is 0 Å². The summed E-state index contributed by atoms with van der Waals surface area (Å²) in [5, 5.41) is 3.58. The lowest BCUT2D eigenvalue weighted by molar-refractivity contribution is 0.0374. The van der Waals surface area contributed by atoms with E-state index < -0.39 is 0 Å². The predicted molar refractivity (Wildman–Crippen MR) is 79.6 cm³/mol. The third kappa shape index (κ3) is 6.21. The first-order valence-corrected chi connectivity index (χ1v) is 8.08. The van der Waals surface area contributed by atoms with Gasteiger partial charge in [0.15, 0.2) is 0 Å². The molecule has 4 heteroatoms. The fourth-order valence-electron chi connectivity index (χ4n) is 2.90. The second-order valence-electron chi connectivity index (χ2n) is 6.08. The first kappa shape index (κ1) is 15.2. The minimum absolute atomic E-state index is 0.917. The standard InChI is InChI=1S/C15H31N3O/c1-15-3-8-18(9-4-15)10-6-16-5-2-7-17-11-13-19-14-12-17/h15-16H,2-14H2,1H3. The van der Waals surface area contributed by atoms with Gasteiger partial charge in [0, 0.05) is 26.2 Å². The molecule has 0 saturated carbocycles. The van der Waals surface area contributed by atoms with E-state index in [0.717, 1.165) is 45.3 Å². The van der Waals surface area contributed by atoms with Gasteiger partial charge in [-0.2, -0.15) is 0 Å². The molecule has 0 bridgehead atoms. The van der Waals surface area contributed by atoms with Crippen molar-refractivity contribution in [3.8, 4) is 0 Å². The summed E-state index contributed by atoms with van der Waals surface area (Å²) >= 11 is 0. The third-order valence-electron chi connectivity index (χ3n) is 4.41. The Morgan fingerprint density at radius 2 is 1.63 bits per heavy atom. The van der Waals surface area contributed by atoms with Crippen LogP contribution in [0.1, 0.15) is 26.2 Å². The SMILES string of the molecule is CC1CCN(CCNCCCN2CCOCC2)CC1. The lowest BCUT2D eigenvalue weighted by Gasteiger charge is -2.30. The second-order valence-corrected chi connectivity index (χ2v) is 6.08. The van der Waals surface area contributed by atoms with Crippen molar-refractivity contribution < 1.29 is 4.74 Å². The van der Waals surface area contributed by atoms with Crippen molar-refractivity contribution in [3.63, 3.8) is 0 Å². The summed E-state index contributed by atoms with van der Waals surface area (Å²) < 4.78 is 5.36. The second kappa shape index (κ2) is 8.90. The molecule has 0 atom stereocenters. The maximum atomic E-state index is 5.36. The average Bonchev–Trinajstić information content (AvgIpc) is 2.46. The molecule has 2 aliphatic heterocycles. The number of hydrogen-bond acceptors (Lipinski definition) is 4. The molecule has 2 saturated heterocycles. The zero-order valence-corrected chi connectivity index (χ0v) is 12.6. The van der Waals surface area contributed by atoms with E-state index in [1.165, 1.54) is 45.4 Å². The smallest absolute Gasteiger partial charge is 0.0594 e. The van der Waals surface area contributed by atoms with Crippen LogP contribution in [0.25, 0.3) is 0 Å². The molecule has 2 heterocycles. The van der Waals surface area contributed by atoms with Gasteiger partial charge in [-0.25, -0.2) is 0 Å². The van der Waals surface area contributed by atoms with E-state index in [1.54, 1.807) is 0 Å². The maximum absolute atomic E-state index is 5.36. The van der Waals surface area contributed by atoms with Crippen molar-refractivity contribution in [1.29, 1.82) is 0 Å². The van der Waals surface area contributed by atoms with Crippen LogP contribution in [-0.2, 0) is 4.74 Å². The summed E-state index contributed by atoms with van der Waals surface area (Å²) in [7, 11) is 0. The summed E-state index contributed by atoms with van der Waals surface area (Å²) in [6.45, 7) is 13.8. The van der Waals surface area contributed by atoms with Gasteiger partial charge >= 0.3 is 0 Å². The van der Waals surface area contributed by atoms with E-state index in [0.29, 0.717) is 0 Å². The van der Waals surface area contributed by atoms with Crippen molar-refractivity contribution in [1.82, 2.24) is 15.1 Å². The van der Waals surface area contributed by atoms with Crippen LogP contribution in [0, 0.1) is 5.92 Å². The van der Waals surface area contributed by atoms with Crippen LogP contribution >= 0.6 is 0 Å². The minimum Gasteiger partial charge on any atom is -0.379 e.